The van der Waals surface area contributed by atoms with E-state index >= 15 is 0 Å². The number of carbonyl (C=O) groups excluding carboxylic acids is 2. The molecule has 2 heterocycles. The van der Waals surface area contributed by atoms with Gasteiger partial charge in [-0.25, -0.2) is 0 Å². The average molecular weight is 320 g/mol. The van der Waals surface area contributed by atoms with Crippen molar-refractivity contribution >= 4 is 23.6 Å². The summed E-state index contributed by atoms with van der Waals surface area (Å²) in [5.41, 5.74) is 6.35. The minimum Gasteiger partial charge on any atom is -0.454 e. The van der Waals surface area contributed by atoms with Gasteiger partial charge in [-0.3, -0.25) is 9.59 Å². The Kier molecular flexibility index (Phi) is 3.74. The minimum absolute atomic E-state index is 0.00885. The summed E-state index contributed by atoms with van der Waals surface area (Å²) in [7, 11) is 0. The van der Waals surface area contributed by atoms with Crippen LogP contribution in [-0.2, 0) is 4.79 Å². The van der Waals surface area contributed by atoms with Gasteiger partial charge in [-0.2, -0.15) is 0 Å². The zero-order valence-corrected chi connectivity index (χ0v) is 13.0. The van der Waals surface area contributed by atoms with Crippen molar-refractivity contribution in [3.05, 3.63) is 34.4 Å². The second-order valence-electron chi connectivity index (χ2n) is 5.24. The lowest BCUT2D eigenvalue weighted by molar-refractivity contribution is -0.115. The number of carbonyl (C=O) groups is 2. The summed E-state index contributed by atoms with van der Waals surface area (Å²) in [6, 6.07) is 4.96. The summed E-state index contributed by atoms with van der Waals surface area (Å²) >= 11 is 1.45. The van der Waals surface area contributed by atoms with Crippen LogP contribution in [0, 0.1) is 5.92 Å². The lowest BCUT2D eigenvalue weighted by atomic mass is 9.99. The van der Waals surface area contributed by atoms with Gasteiger partial charge in [0, 0.05) is 16.7 Å². The van der Waals surface area contributed by atoms with Crippen molar-refractivity contribution in [2.75, 3.05) is 6.79 Å². The van der Waals surface area contributed by atoms with Crippen LogP contribution in [0.15, 0.2) is 28.8 Å². The molecule has 3 N–H and O–H groups in total. The van der Waals surface area contributed by atoms with Crippen LogP contribution >= 0.6 is 11.8 Å². The molecule has 116 valence electrons. The van der Waals surface area contributed by atoms with Gasteiger partial charge in [0.1, 0.15) is 0 Å². The fourth-order valence-corrected chi connectivity index (χ4v) is 3.72. The van der Waals surface area contributed by atoms with E-state index in [0.29, 0.717) is 27.7 Å². The van der Waals surface area contributed by atoms with Crippen LogP contribution in [-0.4, -0.2) is 23.9 Å². The van der Waals surface area contributed by atoms with Gasteiger partial charge in [0.2, 0.25) is 12.7 Å². The predicted molar refractivity (Wildman–Crippen MR) is 82.5 cm³/mol. The molecule has 0 fully saturated rings. The van der Waals surface area contributed by atoms with Gasteiger partial charge in [-0.05, 0) is 18.2 Å². The van der Waals surface area contributed by atoms with Crippen molar-refractivity contribution in [2.45, 2.75) is 19.1 Å². The van der Waals surface area contributed by atoms with E-state index in [1.54, 1.807) is 18.2 Å². The van der Waals surface area contributed by atoms with Crippen LogP contribution in [0.5, 0.6) is 11.5 Å². The van der Waals surface area contributed by atoms with E-state index in [4.69, 9.17) is 15.2 Å². The molecule has 0 aromatic heterocycles. The maximum atomic E-state index is 12.4. The maximum absolute atomic E-state index is 12.4. The highest BCUT2D eigenvalue weighted by Crippen LogP contribution is 2.40. The Bertz CT molecular complexity index is 686. The Balaban J connectivity index is 1.83. The molecular weight excluding hydrogens is 304 g/mol. The maximum Gasteiger partial charge on any atom is 0.256 e. The zero-order chi connectivity index (χ0) is 15.9. The second-order valence-corrected chi connectivity index (χ2v) is 6.63. The second kappa shape index (κ2) is 5.57. The third-order valence-corrected chi connectivity index (χ3v) is 5.17. The predicted octanol–water partition coefficient (Wildman–Crippen LogP) is 1.61. The number of amides is 2. The molecule has 2 aliphatic heterocycles. The molecular formula is C15H16N2O4S. The van der Waals surface area contributed by atoms with Gasteiger partial charge in [-0.15, -0.1) is 11.8 Å². The van der Waals surface area contributed by atoms with Gasteiger partial charge < -0.3 is 20.5 Å². The third kappa shape index (κ3) is 2.52. The van der Waals surface area contributed by atoms with E-state index in [-0.39, 0.29) is 23.9 Å². The number of nitrogens with two attached hydrogens (primary N) is 1. The SMILES string of the molecule is CC1SC(NC(=O)c2ccc3c(c2)OCO3)=C(C(N)=O)C1C. The summed E-state index contributed by atoms with van der Waals surface area (Å²) < 4.78 is 10.5. The van der Waals surface area contributed by atoms with Gasteiger partial charge >= 0.3 is 0 Å². The highest BCUT2D eigenvalue weighted by Gasteiger charge is 2.33. The van der Waals surface area contributed by atoms with Crippen molar-refractivity contribution in [3.63, 3.8) is 0 Å². The van der Waals surface area contributed by atoms with Gasteiger partial charge in [0.15, 0.2) is 11.5 Å². The fourth-order valence-electron chi connectivity index (χ4n) is 2.44. The summed E-state index contributed by atoms with van der Waals surface area (Å²) in [5.74, 6) is 0.365. The number of thioether (sulfide) groups is 1. The Morgan fingerprint density at radius 1 is 1.27 bits per heavy atom. The molecule has 2 aliphatic rings. The van der Waals surface area contributed by atoms with E-state index < -0.39 is 5.91 Å². The number of fused-ring (bicyclic) bond motifs is 1. The number of rotatable bonds is 3. The molecule has 1 aromatic carbocycles. The van der Waals surface area contributed by atoms with Crippen molar-refractivity contribution in [3.8, 4) is 11.5 Å². The standard InChI is InChI=1S/C15H16N2O4S/c1-7-8(2)22-15(12(7)13(16)18)17-14(19)9-3-4-10-11(5-9)21-6-20-10/h3-5,7-8H,6H2,1-2H3,(H2,16,18)(H,17,19). The van der Waals surface area contributed by atoms with Crippen LogP contribution in [0.4, 0.5) is 0 Å². The van der Waals surface area contributed by atoms with Crippen molar-refractivity contribution in [2.24, 2.45) is 11.7 Å². The fraction of sp³-hybridized carbons (Fsp3) is 0.333. The number of hydrogen-bond acceptors (Lipinski definition) is 5. The first-order chi connectivity index (χ1) is 10.5. The first-order valence-corrected chi connectivity index (χ1v) is 7.77. The number of nitrogens with one attached hydrogen (secondary N) is 1. The molecule has 6 nitrogen and oxygen atoms in total. The van der Waals surface area contributed by atoms with Crippen LogP contribution in [0.1, 0.15) is 24.2 Å². The van der Waals surface area contributed by atoms with Crippen molar-refractivity contribution in [1.82, 2.24) is 5.32 Å². The molecule has 7 heteroatoms. The monoisotopic (exact) mass is 320 g/mol. The van der Waals surface area contributed by atoms with E-state index in [1.807, 2.05) is 13.8 Å². The largest absolute Gasteiger partial charge is 0.454 e. The van der Waals surface area contributed by atoms with Crippen LogP contribution in [0.2, 0.25) is 0 Å². The van der Waals surface area contributed by atoms with Gasteiger partial charge in [0.05, 0.1) is 10.6 Å². The van der Waals surface area contributed by atoms with E-state index in [9.17, 15) is 9.59 Å². The summed E-state index contributed by atoms with van der Waals surface area (Å²) in [4.78, 5) is 24.0. The molecule has 3 rings (SSSR count). The Morgan fingerprint density at radius 3 is 2.73 bits per heavy atom. The van der Waals surface area contributed by atoms with Crippen LogP contribution < -0.4 is 20.5 Å². The van der Waals surface area contributed by atoms with Crippen LogP contribution in [0.3, 0.4) is 0 Å². The molecule has 22 heavy (non-hydrogen) atoms. The summed E-state index contributed by atoms with van der Waals surface area (Å²) in [6.07, 6.45) is 0. The lowest BCUT2D eigenvalue weighted by Gasteiger charge is -2.09. The average Bonchev–Trinajstić information content (AvgIpc) is 3.03. The molecule has 0 saturated carbocycles. The lowest BCUT2D eigenvalue weighted by Crippen LogP contribution is -2.26. The van der Waals surface area contributed by atoms with Gasteiger partial charge in [0.25, 0.3) is 5.91 Å². The van der Waals surface area contributed by atoms with E-state index in [1.165, 1.54) is 11.8 Å². The number of benzene rings is 1. The molecule has 2 unspecified atom stereocenters. The first-order valence-electron chi connectivity index (χ1n) is 6.89. The highest BCUT2D eigenvalue weighted by atomic mass is 32.2. The quantitative estimate of drug-likeness (QED) is 0.883. The van der Waals surface area contributed by atoms with Crippen LogP contribution in [0.25, 0.3) is 0 Å². The third-order valence-electron chi connectivity index (χ3n) is 3.84. The molecule has 0 bridgehead atoms. The molecule has 0 aliphatic carbocycles. The summed E-state index contributed by atoms with van der Waals surface area (Å²) in [6.45, 7) is 4.08. The Morgan fingerprint density at radius 2 is 2.00 bits per heavy atom. The first kappa shape index (κ1) is 14.8. The number of hydrogen-bond donors (Lipinski definition) is 2. The normalized spacial score (nSPS) is 22.8. The molecule has 0 saturated heterocycles. The van der Waals surface area contributed by atoms with E-state index in [0.717, 1.165) is 0 Å². The van der Waals surface area contributed by atoms with Gasteiger partial charge in [-0.1, -0.05) is 13.8 Å². The van der Waals surface area contributed by atoms with Crippen molar-refractivity contribution in [1.29, 1.82) is 0 Å². The smallest absolute Gasteiger partial charge is 0.256 e. The topological polar surface area (TPSA) is 90.7 Å². The highest BCUT2D eigenvalue weighted by molar-refractivity contribution is 8.04. The van der Waals surface area contributed by atoms with E-state index in [2.05, 4.69) is 5.32 Å². The number of primary amides is 1. The molecule has 0 radical (unpaired) electrons. The Hall–Kier alpha value is -2.15. The Labute approximate surface area is 132 Å². The molecule has 2 amide bonds. The molecule has 0 spiro atoms. The minimum atomic E-state index is -0.495. The molecule has 1 aromatic rings. The number of ether oxygens (including phenoxy) is 2. The van der Waals surface area contributed by atoms with Crippen molar-refractivity contribution < 1.29 is 19.1 Å². The zero-order valence-electron chi connectivity index (χ0n) is 12.2. The summed E-state index contributed by atoms with van der Waals surface area (Å²) in [5, 5.41) is 3.51. The molecule has 2 atom stereocenters.